The Morgan fingerprint density at radius 2 is 1.87 bits per heavy atom. The molecule has 3 N–H and O–H groups in total. The van der Waals surface area contributed by atoms with Crippen molar-refractivity contribution in [3.63, 3.8) is 0 Å². The molecule has 0 bridgehead atoms. The Balaban J connectivity index is 0.00000450. The molecule has 0 fully saturated rings. The third-order valence-corrected chi connectivity index (χ3v) is 4.08. The second kappa shape index (κ2) is 11.8. The van der Waals surface area contributed by atoms with Gasteiger partial charge in [0.05, 0.1) is 19.2 Å². The second-order valence-electron chi connectivity index (χ2n) is 6.18. The van der Waals surface area contributed by atoms with Gasteiger partial charge in [-0.25, -0.2) is 9.38 Å². The molecule has 0 atom stereocenters. The van der Waals surface area contributed by atoms with E-state index in [0.717, 1.165) is 17.7 Å². The molecule has 0 aromatic heterocycles. The van der Waals surface area contributed by atoms with Crippen molar-refractivity contribution in [2.45, 2.75) is 26.1 Å². The minimum absolute atomic E-state index is 0. The summed E-state index contributed by atoms with van der Waals surface area (Å²) in [6, 6.07) is 7.53. The first-order valence-electron chi connectivity index (χ1n) is 8.98. The van der Waals surface area contributed by atoms with Crippen LogP contribution in [0.1, 0.15) is 23.6 Å². The fourth-order valence-electron chi connectivity index (χ4n) is 2.66. The molecule has 2 aromatic carbocycles. The highest BCUT2D eigenvalue weighted by atomic mass is 127. The molecular weight excluding hydrogens is 517 g/mol. The number of nitrogens with one attached hydrogen (secondary N) is 2. The summed E-state index contributed by atoms with van der Waals surface area (Å²) in [6.45, 7) is 2.56. The van der Waals surface area contributed by atoms with E-state index < -0.39 is 17.6 Å². The van der Waals surface area contributed by atoms with Crippen LogP contribution in [0.4, 0.5) is 17.6 Å². The van der Waals surface area contributed by atoms with Crippen LogP contribution >= 0.6 is 24.0 Å². The van der Waals surface area contributed by atoms with Gasteiger partial charge in [-0.3, -0.25) is 0 Å². The summed E-state index contributed by atoms with van der Waals surface area (Å²) in [7, 11) is 1.46. The zero-order valence-electron chi connectivity index (χ0n) is 16.5. The van der Waals surface area contributed by atoms with Gasteiger partial charge in [0, 0.05) is 13.1 Å². The predicted octanol–water partition coefficient (Wildman–Crippen LogP) is 4.47. The summed E-state index contributed by atoms with van der Waals surface area (Å²) in [5.41, 5.74) is -0.242. The number of hydrogen-bond donors (Lipinski definition) is 3. The van der Waals surface area contributed by atoms with E-state index in [9.17, 15) is 22.7 Å². The number of aliphatic imine (C=N–C) groups is 1. The largest absolute Gasteiger partial charge is 0.504 e. The maximum atomic E-state index is 13.2. The highest BCUT2D eigenvalue weighted by molar-refractivity contribution is 14.0. The maximum Gasteiger partial charge on any atom is 0.416 e. The minimum Gasteiger partial charge on any atom is -0.504 e. The SMILES string of the molecule is CCNC(=NCc1ccc(F)cc1C(F)(F)F)NCCc1ccc(O)c(OC)c1.I. The molecule has 166 valence electrons. The van der Waals surface area contributed by atoms with E-state index in [1.165, 1.54) is 13.2 Å². The van der Waals surface area contributed by atoms with Crippen molar-refractivity contribution in [3.05, 3.63) is 58.9 Å². The topological polar surface area (TPSA) is 65.9 Å². The van der Waals surface area contributed by atoms with Crippen LogP contribution in [-0.4, -0.2) is 31.3 Å². The molecule has 0 amide bonds. The van der Waals surface area contributed by atoms with Crippen molar-refractivity contribution >= 4 is 29.9 Å². The number of hydrogen-bond acceptors (Lipinski definition) is 3. The van der Waals surface area contributed by atoms with Gasteiger partial charge in [-0.2, -0.15) is 13.2 Å². The van der Waals surface area contributed by atoms with Gasteiger partial charge >= 0.3 is 6.18 Å². The van der Waals surface area contributed by atoms with Gasteiger partial charge in [-0.05, 0) is 48.7 Å². The van der Waals surface area contributed by atoms with Crippen molar-refractivity contribution < 1.29 is 27.4 Å². The van der Waals surface area contributed by atoms with Crippen molar-refractivity contribution in [3.8, 4) is 11.5 Å². The number of ether oxygens (including phenoxy) is 1. The van der Waals surface area contributed by atoms with E-state index in [1.54, 1.807) is 12.1 Å². The third-order valence-electron chi connectivity index (χ3n) is 4.08. The van der Waals surface area contributed by atoms with Crippen molar-refractivity contribution in [1.29, 1.82) is 0 Å². The molecule has 2 aromatic rings. The fourth-order valence-corrected chi connectivity index (χ4v) is 2.66. The lowest BCUT2D eigenvalue weighted by Gasteiger charge is -2.14. The first kappa shape index (κ1) is 25.8. The Kier molecular flexibility index (Phi) is 10.2. The summed E-state index contributed by atoms with van der Waals surface area (Å²) >= 11 is 0. The first-order chi connectivity index (χ1) is 13.7. The highest BCUT2D eigenvalue weighted by Gasteiger charge is 2.33. The molecule has 2 rings (SSSR count). The van der Waals surface area contributed by atoms with Crippen LogP contribution in [0.3, 0.4) is 0 Å². The van der Waals surface area contributed by atoms with E-state index >= 15 is 0 Å². The Morgan fingerprint density at radius 3 is 2.50 bits per heavy atom. The van der Waals surface area contributed by atoms with Crippen molar-refractivity contribution in [2.75, 3.05) is 20.2 Å². The van der Waals surface area contributed by atoms with Gasteiger partial charge in [-0.15, -0.1) is 24.0 Å². The molecule has 30 heavy (non-hydrogen) atoms. The molecular formula is C20H24F4IN3O2. The van der Waals surface area contributed by atoms with Crippen LogP contribution in [0.2, 0.25) is 0 Å². The number of guanidine groups is 1. The lowest BCUT2D eigenvalue weighted by atomic mass is 10.1. The number of alkyl halides is 3. The number of aromatic hydroxyl groups is 1. The lowest BCUT2D eigenvalue weighted by Crippen LogP contribution is -2.38. The van der Waals surface area contributed by atoms with Crippen LogP contribution in [-0.2, 0) is 19.1 Å². The molecule has 0 saturated heterocycles. The zero-order valence-corrected chi connectivity index (χ0v) is 18.8. The Morgan fingerprint density at radius 1 is 1.13 bits per heavy atom. The van der Waals surface area contributed by atoms with Gasteiger partial charge < -0.3 is 20.5 Å². The van der Waals surface area contributed by atoms with Crippen LogP contribution in [0, 0.1) is 5.82 Å². The zero-order chi connectivity index (χ0) is 21.4. The average molecular weight is 541 g/mol. The molecule has 0 saturated carbocycles. The standard InChI is InChI=1S/C20H23F4N3O2.HI/c1-3-25-19(26-9-8-13-4-7-17(28)18(10-13)29-2)27-12-14-5-6-15(21)11-16(14)20(22,23)24;/h4-7,10-11,28H,3,8-9,12H2,1-2H3,(H2,25,26,27);1H. The summed E-state index contributed by atoms with van der Waals surface area (Å²) < 4.78 is 57.6. The molecule has 0 aliphatic heterocycles. The molecule has 0 aliphatic carbocycles. The molecule has 0 unspecified atom stereocenters. The van der Waals surface area contributed by atoms with Crippen LogP contribution in [0.5, 0.6) is 11.5 Å². The number of phenols is 1. The maximum absolute atomic E-state index is 13.2. The second-order valence-corrected chi connectivity index (χ2v) is 6.18. The number of methoxy groups -OCH3 is 1. The van der Waals surface area contributed by atoms with Crippen LogP contribution in [0.25, 0.3) is 0 Å². The van der Waals surface area contributed by atoms with E-state index in [4.69, 9.17) is 4.74 Å². The lowest BCUT2D eigenvalue weighted by molar-refractivity contribution is -0.138. The monoisotopic (exact) mass is 541 g/mol. The normalized spacial score (nSPS) is 11.6. The van der Waals surface area contributed by atoms with Crippen molar-refractivity contribution in [1.82, 2.24) is 10.6 Å². The first-order valence-corrected chi connectivity index (χ1v) is 8.98. The number of rotatable bonds is 7. The van der Waals surface area contributed by atoms with Crippen molar-refractivity contribution in [2.24, 2.45) is 4.99 Å². The van der Waals surface area contributed by atoms with E-state index in [1.807, 2.05) is 6.92 Å². The summed E-state index contributed by atoms with van der Waals surface area (Å²) in [5, 5.41) is 15.6. The molecule has 5 nitrogen and oxygen atoms in total. The predicted molar refractivity (Wildman–Crippen MR) is 118 cm³/mol. The Labute approximate surface area is 189 Å². The van der Waals surface area contributed by atoms with E-state index in [-0.39, 0.29) is 41.8 Å². The van der Waals surface area contributed by atoms with Gasteiger partial charge in [0.25, 0.3) is 0 Å². The third kappa shape index (κ3) is 7.54. The Hall–Kier alpha value is -2.24. The van der Waals surface area contributed by atoms with Crippen LogP contribution < -0.4 is 15.4 Å². The molecule has 10 heteroatoms. The van der Waals surface area contributed by atoms with Gasteiger partial charge in [0.15, 0.2) is 17.5 Å². The highest BCUT2D eigenvalue weighted by Crippen LogP contribution is 2.33. The summed E-state index contributed by atoms with van der Waals surface area (Å²) in [4.78, 5) is 4.17. The van der Waals surface area contributed by atoms with Gasteiger partial charge in [-0.1, -0.05) is 12.1 Å². The van der Waals surface area contributed by atoms with Gasteiger partial charge in [0.2, 0.25) is 0 Å². The molecule has 0 spiro atoms. The summed E-state index contributed by atoms with van der Waals surface area (Å²) in [6.07, 6.45) is -4.08. The summed E-state index contributed by atoms with van der Waals surface area (Å²) in [5.74, 6) is -0.201. The van der Waals surface area contributed by atoms with E-state index in [2.05, 4.69) is 15.6 Å². The Bertz CT molecular complexity index is 860. The quantitative estimate of drug-likeness (QED) is 0.210. The fraction of sp³-hybridized carbons (Fsp3) is 0.350. The van der Waals surface area contributed by atoms with E-state index in [0.29, 0.717) is 37.3 Å². The molecule has 0 heterocycles. The number of benzene rings is 2. The number of nitrogens with zero attached hydrogens (tertiary/aromatic N) is 1. The minimum atomic E-state index is -4.66. The number of phenolic OH excluding ortho intramolecular Hbond substituents is 1. The molecule has 0 aliphatic rings. The van der Waals surface area contributed by atoms with Gasteiger partial charge in [0.1, 0.15) is 5.82 Å². The van der Waals surface area contributed by atoms with Crippen LogP contribution in [0.15, 0.2) is 41.4 Å². The molecule has 0 radical (unpaired) electrons. The smallest absolute Gasteiger partial charge is 0.416 e. The number of halogens is 5. The average Bonchev–Trinajstić information content (AvgIpc) is 2.67.